The van der Waals surface area contributed by atoms with Crippen LogP contribution in [0.15, 0.2) is 24.4 Å². The van der Waals surface area contributed by atoms with Crippen molar-refractivity contribution in [2.24, 2.45) is 5.92 Å². The zero-order chi connectivity index (χ0) is 20.8. The van der Waals surface area contributed by atoms with E-state index in [9.17, 15) is 9.59 Å². The number of nitrogens with zero attached hydrogens (tertiary/aromatic N) is 4. The zero-order valence-corrected chi connectivity index (χ0v) is 18.0. The van der Waals surface area contributed by atoms with Crippen molar-refractivity contribution in [2.75, 3.05) is 39.3 Å². The van der Waals surface area contributed by atoms with E-state index in [-0.39, 0.29) is 17.9 Å². The van der Waals surface area contributed by atoms with Crippen LogP contribution < -0.4 is 5.32 Å². The summed E-state index contributed by atoms with van der Waals surface area (Å²) in [6, 6.07) is 6.49. The first kappa shape index (κ1) is 21.1. The summed E-state index contributed by atoms with van der Waals surface area (Å²) in [6.45, 7) is 5.90. The second-order valence-electron chi connectivity index (χ2n) is 8.92. The Labute approximate surface area is 179 Å². The molecule has 3 saturated heterocycles. The van der Waals surface area contributed by atoms with Crippen LogP contribution in [0.1, 0.15) is 50.6 Å². The lowest BCUT2D eigenvalue weighted by Crippen LogP contribution is -2.53. The van der Waals surface area contributed by atoms with Crippen LogP contribution in [0, 0.1) is 5.92 Å². The van der Waals surface area contributed by atoms with Gasteiger partial charge in [0.15, 0.2) is 0 Å². The minimum atomic E-state index is 0.0514. The highest BCUT2D eigenvalue weighted by Crippen LogP contribution is 2.25. The lowest BCUT2D eigenvalue weighted by atomic mass is 9.93. The van der Waals surface area contributed by atoms with Gasteiger partial charge in [0.05, 0.1) is 18.2 Å². The maximum absolute atomic E-state index is 12.7. The third-order valence-corrected chi connectivity index (χ3v) is 6.87. The van der Waals surface area contributed by atoms with Crippen LogP contribution in [-0.2, 0) is 11.3 Å². The molecular formula is C23H35N5O2. The Morgan fingerprint density at radius 2 is 1.70 bits per heavy atom. The molecule has 4 rings (SSSR count). The highest BCUT2D eigenvalue weighted by atomic mass is 16.2. The van der Waals surface area contributed by atoms with Crippen molar-refractivity contribution in [1.82, 2.24) is 25.0 Å². The van der Waals surface area contributed by atoms with Gasteiger partial charge in [0.2, 0.25) is 5.91 Å². The number of likely N-dealkylation sites (tertiary alicyclic amines) is 3. The second kappa shape index (κ2) is 10.2. The average Bonchev–Trinajstić information content (AvgIpc) is 2.83. The molecule has 7 heteroatoms. The Kier molecular flexibility index (Phi) is 7.20. The van der Waals surface area contributed by atoms with Gasteiger partial charge in [-0.05, 0) is 63.6 Å². The van der Waals surface area contributed by atoms with E-state index in [0.29, 0.717) is 12.6 Å². The maximum Gasteiger partial charge on any atom is 0.319 e. The van der Waals surface area contributed by atoms with Crippen molar-refractivity contribution in [1.29, 1.82) is 0 Å². The largest absolute Gasteiger partial charge is 0.350 e. The predicted molar refractivity (Wildman–Crippen MR) is 116 cm³/mol. The summed E-state index contributed by atoms with van der Waals surface area (Å²) in [5, 5.41) is 3.06. The Morgan fingerprint density at radius 1 is 0.933 bits per heavy atom. The first-order chi connectivity index (χ1) is 14.7. The van der Waals surface area contributed by atoms with Gasteiger partial charge in [0.1, 0.15) is 0 Å². The number of hydrogen-bond acceptors (Lipinski definition) is 4. The number of amides is 3. The lowest BCUT2D eigenvalue weighted by Gasteiger charge is -2.43. The smallest absolute Gasteiger partial charge is 0.319 e. The molecule has 0 saturated carbocycles. The number of piperidine rings is 3. The molecule has 3 fully saturated rings. The van der Waals surface area contributed by atoms with E-state index >= 15 is 0 Å². The van der Waals surface area contributed by atoms with Gasteiger partial charge in [-0.2, -0.15) is 0 Å². The van der Waals surface area contributed by atoms with Gasteiger partial charge >= 0.3 is 6.03 Å². The molecule has 0 aromatic carbocycles. The lowest BCUT2D eigenvalue weighted by molar-refractivity contribution is -0.127. The number of hydrogen-bond donors (Lipinski definition) is 1. The molecule has 1 aromatic heterocycles. The summed E-state index contributed by atoms with van der Waals surface area (Å²) in [4.78, 5) is 36.3. The van der Waals surface area contributed by atoms with Crippen molar-refractivity contribution in [2.45, 2.75) is 57.5 Å². The number of nitrogens with one attached hydrogen (secondary N) is 1. The molecule has 0 bridgehead atoms. The van der Waals surface area contributed by atoms with Crippen molar-refractivity contribution < 1.29 is 9.59 Å². The normalized spacial score (nSPS) is 23.9. The molecule has 0 spiro atoms. The summed E-state index contributed by atoms with van der Waals surface area (Å²) in [5.41, 5.74) is 0.893. The summed E-state index contributed by atoms with van der Waals surface area (Å²) in [5.74, 6) is 0.193. The number of pyridine rings is 1. The van der Waals surface area contributed by atoms with Crippen molar-refractivity contribution in [3.63, 3.8) is 0 Å². The number of carbonyl (C=O) groups is 2. The van der Waals surface area contributed by atoms with Crippen molar-refractivity contribution in [3.8, 4) is 0 Å². The molecule has 30 heavy (non-hydrogen) atoms. The fourth-order valence-electron chi connectivity index (χ4n) is 5.08. The highest BCUT2D eigenvalue weighted by molar-refractivity contribution is 5.79. The molecule has 0 radical (unpaired) electrons. The Morgan fingerprint density at radius 3 is 2.43 bits per heavy atom. The minimum Gasteiger partial charge on any atom is -0.350 e. The monoisotopic (exact) mass is 413 g/mol. The molecule has 3 aliphatic heterocycles. The van der Waals surface area contributed by atoms with Gasteiger partial charge in [-0.3, -0.25) is 14.7 Å². The van der Waals surface area contributed by atoms with E-state index in [1.54, 1.807) is 6.20 Å². The van der Waals surface area contributed by atoms with Crippen molar-refractivity contribution in [3.05, 3.63) is 30.1 Å². The third-order valence-electron chi connectivity index (χ3n) is 6.87. The minimum absolute atomic E-state index is 0.0514. The second-order valence-corrected chi connectivity index (χ2v) is 8.92. The van der Waals surface area contributed by atoms with Crippen LogP contribution >= 0.6 is 0 Å². The molecule has 1 N–H and O–H groups in total. The van der Waals surface area contributed by atoms with Gasteiger partial charge in [-0.1, -0.05) is 6.07 Å². The number of urea groups is 1. The van der Waals surface area contributed by atoms with E-state index in [1.165, 1.54) is 6.42 Å². The fraction of sp³-hybridized carbons (Fsp3) is 0.696. The third kappa shape index (κ3) is 5.31. The first-order valence-corrected chi connectivity index (χ1v) is 11.7. The summed E-state index contributed by atoms with van der Waals surface area (Å²) in [7, 11) is 0. The van der Waals surface area contributed by atoms with Gasteiger partial charge < -0.3 is 15.1 Å². The van der Waals surface area contributed by atoms with Crippen LogP contribution in [0.3, 0.4) is 0 Å². The van der Waals surface area contributed by atoms with E-state index in [1.807, 2.05) is 28.0 Å². The van der Waals surface area contributed by atoms with Crippen LogP contribution in [0.25, 0.3) is 0 Å². The molecule has 7 nitrogen and oxygen atoms in total. The van der Waals surface area contributed by atoms with E-state index in [4.69, 9.17) is 0 Å². The number of aromatic nitrogens is 1. The molecule has 164 valence electrons. The summed E-state index contributed by atoms with van der Waals surface area (Å²) in [6.07, 6.45) is 9.33. The highest BCUT2D eigenvalue weighted by Gasteiger charge is 2.33. The van der Waals surface area contributed by atoms with Crippen LogP contribution in [0.5, 0.6) is 0 Å². The molecule has 4 heterocycles. The SMILES string of the molecule is O=C(NCc1ccccn1)[C@H]1CCCN(C2CCN(C(=O)N3CCCCC3)CC2)C1. The molecule has 1 atom stereocenters. The number of carbonyl (C=O) groups excluding carboxylic acids is 2. The summed E-state index contributed by atoms with van der Waals surface area (Å²) < 4.78 is 0. The quantitative estimate of drug-likeness (QED) is 0.823. The Hall–Kier alpha value is -2.15. The van der Waals surface area contributed by atoms with Crippen LogP contribution in [0.4, 0.5) is 4.79 Å². The van der Waals surface area contributed by atoms with Crippen LogP contribution in [-0.4, -0.2) is 76.9 Å². The maximum atomic E-state index is 12.7. The first-order valence-electron chi connectivity index (χ1n) is 11.7. The fourth-order valence-corrected chi connectivity index (χ4v) is 5.08. The van der Waals surface area contributed by atoms with Crippen LogP contribution in [0.2, 0.25) is 0 Å². The standard InChI is InChI=1S/C23H35N5O2/c29-22(25-17-20-8-2-3-11-24-20)19-7-6-14-28(18-19)21-9-15-27(16-10-21)23(30)26-12-4-1-5-13-26/h2-3,8,11,19,21H,1,4-7,9-10,12-18H2,(H,25,29)/t19-/m0/s1. The summed E-state index contributed by atoms with van der Waals surface area (Å²) >= 11 is 0. The van der Waals surface area contributed by atoms with Crippen molar-refractivity contribution >= 4 is 11.9 Å². The Bertz CT molecular complexity index is 699. The molecule has 3 amide bonds. The predicted octanol–water partition coefficient (Wildman–Crippen LogP) is 2.48. The molecule has 0 aliphatic carbocycles. The zero-order valence-electron chi connectivity index (χ0n) is 18.0. The van der Waals surface area contributed by atoms with Gasteiger partial charge in [-0.15, -0.1) is 0 Å². The number of rotatable bonds is 4. The molecule has 1 aromatic rings. The average molecular weight is 414 g/mol. The topological polar surface area (TPSA) is 68.8 Å². The molecule has 3 aliphatic rings. The Balaban J connectivity index is 1.23. The molecule has 0 unspecified atom stereocenters. The van der Waals surface area contributed by atoms with Gasteiger partial charge in [0, 0.05) is 45.0 Å². The van der Waals surface area contributed by atoms with E-state index in [0.717, 1.165) is 83.5 Å². The van der Waals surface area contributed by atoms with E-state index < -0.39 is 0 Å². The van der Waals surface area contributed by atoms with Gasteiger partial charge in [0.25, 0.3) is 0 Å². The molecular weight excluding hydrogens is 378 g/mol. The van der Waals surface area contributed by atoms with Gasteiger partial charge in [-0.25, -0.2) is 4.79 Å². The van der Waals surface area contributed by atoms with E-state index in [2.05, 4.69) is 15.2 Å².